The molecule has 0 saturated heterocycles. The monoisotopic (exact) mass is 292 g/mol. The summed E-state index contributed by atoms with van der Waals surface area (Å²) in [7, 11) is 1.80. The molecule has 2 rings (SSSR count). The van der Waals surface area contributed by atoms with Crippen LogP contribution in [0.25, 0.3) is 0 Å². The van der Waals surface area contributed by atoms with Crippen molar-refractivity contribution in [3.63, 3.8) is 0 Å². The lowest BCUT2D eigenvalue weighted by atomic mass is 10.2. The molecule has 0 aliphatic heterocycles. The van der Waals surface area contributed by atoms with Crippen LogP contribution in [0.15, 0.2) is 10.7 Å². The van der Waals surface area contributed by atoms with Crippen LogP contribution < -0.4 is 5.32 Å². The summed E-state index contributed by atoms with van der Waals surface area (Å²) in [6, 6.07) is 0. The number of ether oxygens (including phenoxy) is 1. The highest BCUT2D eigenvalue weighted by Gasteiger charge is 2.17. The van der Waals surface area contributed by atoms with Gasteiger partial charge in [-0.15, -0.1) is 0 Å². The van der Waals surface area contributed by atoms with Gasteiger partial charge in [0.15, 0.2) is 0 Å². The van der Waals surface area contributed by atoms with E-state index in [9.17, 15) is 4.79 Å². The molecule has 0 radical (unpaired) electrons. The van der Waals surface area contributed by atoms with Crippen molar-refractivity contribution in [1.82, 2.24) is 20.3 Å². The van der Waals surface area contributed by atoms with Gasteiger partial charge in [0.05, 0.1) is 24.2 Å². The summed E-state index contributed by atoms with van der Waals surface area (Å²) in [5.74, 6) is 0.454. The van der Waals surface area contributed by atoms with Gasteiger partial charge in [-0.2, -0.15) is 5.10 Å². The molecule has 0 aromatic carbocycles. The van der Waals surface area contributed by atoms with Crippen LogP contribution in [0.5, 0.6) is 0 Å². The van der Waals surface area contributed by atoms with Gasteiger partial charge in [-0.3, -0.25) is 4.68 Å². The van der Waals surface area contributed by atoms with E-state index in [1.165, 1.54) is 6.20 Å². The average molecular weight is 292 g/mol. The zero-order valence-electron chi connectivity index (χ0n) is 12.8. The quantitative estimate of drug-likeness (QED) is 0.812. The number of hydrogen-bond acceptors (Lipinski definition) is 6. The molecular formula is C14H20N4O3. The molecule has 114 valence electrons. The standard InChI is InChI=1S/C14H20N4O3/c1-5-20-14(19)12-7-16-18(4)13(12)8-15-6-11-9(2)17-21-10(11)3/h7,15H,5-6,8H2,1-4H3. The van der Waals surface area contributed by atoms with Crippen molar-refractivity contribution in [1.29, 1.82) is 0 Å². The molecule has 0 amide bonds. The number of carbonyl (C=O) groups excluding carboxylic acids is 1. The highest BCUT2D eigenvalue weighted by molar-refractivity contribution is 5.90. The molecule has 21 heavy (non-hydrogen) atoms. The maximum atomic E-state index is 11.9. The Balaban J connectivity index is 2.03. The Morgan fingerprint density at radius 1 is 1.43 bits per heavy atom. The van der Waals surface area contributed by atoms with E-state index in [0.717, 1.165) is 22.7 Å². The van der Waals surface area contributed by atoms with Crippen LogP contribution in [0.3, 0.4) is 0 Å². The Morgan fingerprint density at radius 3 is 2.81 bits per heavy atom. The van der Waals surface area contributed by atoms with Gasteiger partial charge >= 0.3 is 5.97 Å². The molecule has 0 aliphatic rings. The van der Waals surface area contributed by atoms with Crippen LogP contribution >= 0.6 is 0 Å². The minimum absolute atomic E-state index is 0.347. The van der Waals surface area contributed by atoms with Gasteiger partial charge < -0.3 is 14.6 Å². The first-order valence-corrected chi connectivity index (χ1v) is 6.85. The Labute approximate surface area is 123 Å². The number of aromatic nitrogens is 3. The van der Waals surface area contributed by atoms with Crippen LogP contribution in [0.4, 0.5) is 0 Å². The van der Waals surface area contributed by atoms with E-state index in [0.29, 0.717) is 25.3 Å². The van der Waals surface area contributed by atoms with E-state index in [1.54, 1.807) is 18.7 Å². The van der Waals surface area contributed by atoms with Crippen molar-refractivity contribution in [2.24, 2.45) is 7.05 Å². The number of nitrogens with zero attached hydrogens (tertiary/aromatic N) is 3. The molecular weight excluding hydrogens is 272 g/mol. The summed E-state index contributed by atoms with van der Waals surface area (Å²) < 4.78 is 11.8. The van der Waals surface area contributed by atoms with E-state index in [2.05, 4.69) is 15.6 Å². The number of rotatable bonds is 6. The molecule has 0 spiro atoms. The van der Waals surface area contributed by atoms with E-state index in [-0.39, 0.29) is 5.97 Å². The molecule has 2 aromatic rings. The minimum atomic E-state index is -0.347. The summed E-state index contributed by atoms with van der Waals surface area (Å²) in [6.45, 7) is 7.04. The molecule has 0 atom stereocenters. The molecule has 1 N–H and O–H groups in total. The SMILES string of the molecule is CCOC(=O)c1cnn(C)c1CNCc1c(C)noc1C. The largest absolute Gasteiger partial charge is 0.462 e. The number of carbonyl (C=O) groups is 1. The fraction of sp³-hybridized carbons (Fsp3) is 0.500. The lowest BCUT2D eigenvalue weighted by Crippen LogP contribution is -2.19. The topological polar surface area (TPSA) is 82.2 Å². The van der Waals surface area contributed by atoms with Gasteiger partial charge in [0, 0.05) is 25.7 Å². The zero-order chi connectivity index (χ0) is 15.4. The predicted molar refractivity (Wildman–Crippen MR) is 75.7 cm³/mol. The normalized spacial score (nSPS) is 10.9. The fourth-order valence-corrected chi connectivity index (χ4v) is 2.11. The third kappa shape index (κ3) is 3.30. The van der Waals surface area contributed by atoms with Gasteiger partial charge in [-0.05, 0) is 20.8 Å². The van der Waals surface area contributed by atoms with Crippen molar-refractivity contribution < 1.29 is 14.1 Å². The van der Waals surface area contributed by atoms with Gasteiger partial charge in [-0.25, -0.2) is 4.79 Å². The minimum Gasteiger partial charge on any atom is -0.462 e. The Bertz CT molecular complexity index is 611. The summed E-state index contributed by atoms with van der Waals surface area (Å²) in [5.41, 5.74) is 3.19. The summed E-state index contributed by atoms with van der Waals surface area (Å²) in [4.78, 5) is 11.9. The van der Waals surface area contributed by atoms with Crippen molar-refractivity contribution in [2.45, 2.75) is 33.9 Å². The van der Waals surface area contributed by atoms with E-state index in [4.69, 9.17) is 9.26 Å². The first-order chi connectivity index (χ1) is 10.0. The van der Waals surface area contributed by atoms with Crippen LogP contribution in [0, 0.1) is 13.8 Å². The second kappa shape index (κ2) is 6.53. The predicted octanol–water partition coefficient (Wildman–Crippen LogP) is 1.49. The Morgan fingerprint density at radius 2 is 2.19 bits per heavy atom. The fourth-order valence-electron chi connectivity index (χ4n) is 2.11. The molecule has 2 aromatic heterocycles. The van der Waals surface area contributed by atoms with Gasteiger partial charge in [0.1, 0.15) is 11.3 Å². The van der Waals surface area contributed by atoms with Crippen LogP contribution in [0.2, 0.25) is 0 Å². The second-order valence-corrected chi connectivity index (χ2v) is 4.76. The van der Waals surface area contributed by atoms with Crippen molar-refractivity contribution in [2.75, 3.05) is 6.61 Å². The van der Waals surface area contributed by atoms with E-state index >= 15 is 0 Å². The lowest BCUT2D eigenvalue weighted by Gasteiger charge is -2.08. The van der Waals surface area contributed by atoms with Gasteiger partial charge in [0.2, 0.25) is 0 Å². The molecule has 0 fully saturated rings. The molecule has 7 nitrogen and oxygen atoms in total. The maximum absolute atomic E-state index is 11.9. The zero-order valence-corrected chi connectivity index (χ0v) is 12.8. The van der Waals surface area contributed by atoms with Crippen molar-refractivity contribution >= 4 is 5.97 Å². The lowest BCUT2D eigenvalue weighted by molar-refractivity contribution is 0.0524. The van der Waals surface area contributed by atoms with Gasteiger partial charge in [-0.1, -0.05) is 5.16 Å². The number of hydrogen-bond donors (Lipinski definition) is 1. The third-order valence-electron chi connectivity index (χ3n) is 3.33. The number of nitrogens with one attached hydrogen (secondary N) is 1. The number of aryl methyl sites for hydroxylation is 3. The van der Waals surface area contributed by atoms with E-state index < -0.39 is 0 Å². The van der Waals surface area contributed by atoms with Crippen molar-refractivity contribution in [3.8, 4) is 0 Å². The van der Waals surface area contributed by atoms with Crippen molar-refractivity contribution in [3.05, 3.63) is 34.5 Å². The molecule has 0 unspecified atom stereocenters. The third-order valence-corrected chi connectivity index (χ3v) is 3.33. The molecule has 2 heterocycles. The van der Waals surface area contributed by atoms with Gasteiger partial charge in [0.25, 0.3) is 0 Å². The van der Waals surface area contributed by atoms with E-state index in [1.807, 2.05) is 13.8 Å². The Kier molecular flexibility index (Phi) is 4.74. The smallest absolute Gasteiger partial charge is 0.341 e. The first-order valence-electron chi connectivity index (χ1n) is 6.85. The van der Waals surface area contributed by atoms with Crippen LogP contribution in [-0.4, -0.2) is 27.5 Å². The Hall–Kier alpha value is -2.15. The highest BCUT2D eigenvalue weighted by atomic mass is 16.5. The second-order valence-electron chi connectivity index (χ2n) is 4.76. The number of esters is 1. The average Bonchev–Trinajstić information content (AvgIpc) is 2.96. The maximum Gasteiger partial charge on any atom is 0.341 e. The molecule has 0 aliphatic carbocycles. The summed E-state index contributed by atoms with van der Waals surface area (Å²) >= 11 is 0. The summed E-state index contributed by atoms with van der Waals surface area (Å²) in [5, 5.41) is 11.3. The molecule has 0 saturated carbocycles. The summed E-state index contributed by atoms with van der Waals surface area (Å²) in [6.07, 6.45) is 1.53. The van der Waals surface area contributed by atoms with Crippen LogP contribution in [-0.2, 0) is 24.9 Å². The van der Waals surface area contributed by atoms with Crippen LogP contribution in [0.1, 0.15) is 40.0 Å². The first kappa shape index (κ1) is 15.2. The molecule has 0 bridgehead atoms. The highest BCUT2D eigenvalue weighted by Crippen LogP contribution is 2.13. The molecule has 7 heteroatoms.